The predicted octanol–water partition coefficient (Wildman–Crippen LogP) is 4.72. The fourth-order valence-corrected chi connectivity index (χ4v) is 2.09. The van der Waals surface area contributed by atoms with Gasteiger partial charge in [-0.2, -0.15) is 0 Å². The second-order valence-electron chi connectivity index (χ2n) is 4.79. The molecular formula is C13H16BrCl3N2O. The normalized spacial score (nSPS) is 13.2. The van der Waals surface area contributed by atoms with Gasteiger partial charge in [0.2, 0.25) is 9.70 Å². The van der Waals surface area contributed by atoms with Crippen LogP contribution in [-0.4, -0.2) is 15.9 Å². The van der Waals surface area contributed by atoms with Gasteiger partial charge in [0.1, 0.15) is 6.17 Å². The van der Waals surface area contributed by atoms with Gasteiger partial charge >= 0.3 is 0 Å². The number of carbonyl (C=O) groups excluding carboxylic acids is 1. The summed E-state index contributed by atoms with van der Waals surface area (Å²) in [6, 6.07) is 7.35. The number of benzene rings is 1. The van der Waals surface area contributed by atoms with E-state index in [1.165, 1.54) is 0 Å². The Morgan fingerprint density at radius 3 is 2.25 bits per heavy atom. The molecule has 0 aliphatic heterocycles. The molecule has 1 atom stereocenters. The van der Waals surface area contributed by atoms with E-state index in [9.17, 15) is 4.79 Å². The number of carbonyl (C=O) groups is 1. The van der Waals surface area contributed by atoms with Crippen molar-refractivity contribution >= 4 is 62.3 Å². The molecule has 1 rings (SSSR count). The first-order valence-corrected chi connectivity index (χ1v) is 7.99. The topological polar surface area (TPSA) is 41.1 Å². The maximum atomic E-state index is 11.8. The van der Waals surface area contributed by atoms with E-state index in [0.717, 1.165) is 10.2 Å². The molecule has 0 saturated carbocycles. The van der Waals surface area contributed by atoms with Gasteiger partial charge in [-0.15, -0.1) is 0 Å². The molecule has 0 bridgehead atoms. The number of hydrogen-bond acceptors (Lipinski definition) is 2. The second kappa shape index (κ2) is 7.74. The highest BCUT2D eigenvalue weighted by Crippen LogP contribution is 2.31. The molecule has 112 valence electrons. The van der Waals surface area contributed by atoms with Crippen LogP contribution >= 0.6 is 50.7 Å². The zero-order valence-electron chi connectivity index (χ0n) is 11.1. The van der Waals surface area contributed by atoms with Crippen LogP contribution in [0.5, 0.6) is 0 Å². The predicted molar refractivity (Wildman–Crippen MR) is 89.4 cm³/mol. The summed E-state index contributed by atoms with van der Waals surface area (Å²) >= 11 is 21.1. The summed E-state index contributed by atoms with van der Waals surface area (Å²) in [5.74, 6) is 0.0691. The summed E-state index contributed by atoms with van der Waals surface area (Å²) in [4.78, 5) is 11.8. The van der Waals surface area contributed by atoms with Crippen LogP contribution in [0.4, 0.5) is 5.69 Å². The molecule has 2 N–H and O–H groups in total. The molecule has 0 aliphatic rings. The van der Waals surface area contributed by atoms with Crippen LogP contribution in [0.15, 0.2) is 28.7 Å². The lowest BCUT2D eigenvalue weighted by Crippen LogP contribution is -2.49. The average Bonchev–Trinajstić information content (AvgIpc) is 2.28. The number of nitrogens with one attached hydrogen (secondary N) is 2. The summed E-state index contributed by atoms with van der Waals surface area (Å²) in [6.07, 6.45) is -0.431. The minimum atomic E-state index is -1.65. The summed E-state index contributed by atoms with van der Waals surface area (Å²) in [7, 11) is 0. The summed E-state index contributed by atoms with van der Waals surface area (Å²) < 4.78 is -0.711. The first kappa shape index (κ1) is 17.9. The van der Waals surface area contributed by atoms with E-state index in [1.54, 1.807) is 0 Å². The van der Waals surface area contributed by atoms with Crippen molar-refractivity contribution in [3.63, 3.8) is 0 Å². The summed E-state index contributed by atoms with van der Waals surface area (Å²) in [5, 5.41) is 5.70. The summed E-state index contributed by atoms with van der Waals surface area (Å²) in [5.41, 5.74) is 0.745. The van der Waals surface area contributed by atoms with Crippen molar-refractivity contribution in [3.8, 4) is 0 Å². The Bertz CT molecular complexity index is 446. The lowest BCUT2D eigenvalue weighted by Gasteiger charge is -2.27. The van der Waals surface area contributed by atoms with E-state index in [1.807, 2.05) is 38.1 Å². The fraction of sp³-hybridized carbons (Fsp3) is 0.462. The van der Waals surface area contributed by atoms with Crippen LogP contribution in [0.2, 0.25) is 0 Å². The lowest BCUT2D eigenvalue weighted by atomic mass is 10.1. The van der Waals surface area contributed by atoms with Gasteiger partial charge in [0, 0.05) is 16.6 Å². The lowest BCUT2D eigenvalue weighted by molar-refractivity contribution is -0.122. The Labute approximate surface area is 142 Å². The van der Waals surface area contributed by atoms with Crippen molar-refractivity contribution in [2.24, 2.45) is 5.92 Å². The first-order valence-electron chi connectivity index (χ1n) is 6.06. The van der Waals surface area contributed by atoms with Crippen molar-refractivity contribution in [2.45, 2.75) is 30.2 Å². The third kappa shape index (κ3) is 6.53. The zero-order chi connectivity index (χ0) is 15.3. The van der Waals surface area contributed by atoms with E-state index < -0.39 is 9.96 Å². The van der Waals surface area contributed by atoms with Gasteiger partial charge in [0.15, 0.2) is 0 Å². The SMILES string of the molecule is CC(C)CC(=O)N[C@@H](Nc1ccc(Br)cc1)C(Cl)(Cl)Cl. The van der Waals surface area contributed by atoms with Crippen molar-refractivity contribution in [1.82, 2.24) is 5.32 Å². The summed E-state index contributed by atoms with van der Waals surface area (Å²) in [6.45, 7) is 3.90. The van der Waals surface area contributed by atoms with E-state index in [2.05, 4.69) is 26.6 Å². The smallest absolute Gasteiger partial charge is 0.228 e. The largest absolute Gasteiger partial charge is 0.362 e. The van der Waals surface area contributed by atoms with Gasteiger partial charge in [-0.1, -0.05) is 64.6 Å². The van der Waals surface area contributed by atoms with Crippen molar-refractivity contribution in [2.75, 3.05) is 5.32 Å². The highest BCUT2D eigenvalue weighted by molar-refractivity contribution is 9.10. The fourth-order valence-electron chi connectivity index (χ4n) is 1.50. The van der Waals surface area contributed by atoms with E-state index in [4.69, 9.17) is 34.8 Å². The van der Waals surface area contributed by atoms with Crippen molar-refractivity contribution < 1.29 is 4.79 Å². The van der Waals surface area contributed by atoms with Crippen molar-refractivity contribution in [1.29, 1.82) is 0 Å². The number of hydrogen-bond donors (Lipinski definition) is 2. The molecule has 20 heavy (non-hydrogen) atoms. The van der Waals surface area contributed by atoms with Crippen LogP contribution in [0.1, 0.15) is 20.3 Å². The number of alkyl halides is 3. The molecule has 0 unspecified atom stereocenters. The average molecular weight is 403 g/mol. The molecule has 1 aromatic rings. The molecule has 3 nitrogen and oxygen atoms in total. The highest BCUT2D eigenvalue weighted by Gasteiger charge is 2.34. The van der Waals surface area contributed by atoms with Crippen LogP contribution in [0.25, 0.3) is 0 Å². The number of rotatable bonds is 5. The molecule has 0 heterocycles. The monoisotopic (exact) mass is 400 g/mol. The molecule has 0 radical (unpaired) electrons. The Morgan fingerprint density at radius 2 is 1.80 bits per heavy atom. The Morgan fingerprint density at radius 1 is 1.25 bits per heavy atom. The Balaban J connectivity index is 2.75. The third-order valence-corrected chi connectivity index (χ3v) is 3.56. The number of amides is 1. The third-order valence-electron chi connectivity index (χ3n) is 2.38. The second-order valence-corrected chi connectivity index (χ2v) is 8.08. The molecular weight excluding hydrogens is 386 g/mol. The van der Waals surface area contributed by atoms with E-state index in [0.29, 0.717) is 6.42 Å². The highest BCUT2D eigenvalue weighted by atomic mass is 79.9. The van der Waals surface area contributed by atoms with Crippen LogP contribution in [0.3, 0.4) is 0 Å². The minimum Gasteiger partial charge on any atom is -0.362 e. The molecule has 0 fully saturated rings. The van der Waals surface area contributed by atoms with Gasteiger partial charge in [-0.05, 0) is 30.2 Å². The van der Waals surface area contributed by atoms with Gasteiger partial charge in [-0.3, -0.25) is 4.79 Å². The molecule has 1 amide bonds. The standard InChI is InChI=1S/C13H16BrCl3N2O/c1-8(2)7-11(20)19-12(13(15,16)17)18-10-5-3-9(14)4-6-10/h3-6,8,12,18H,7H2,1-2H3,(H,19,20)/t12-/m1/s1. The number of halogens is 4. The van der Waals surface area contributed by atoms with Gasteiger partial charge in [0.05, 0.1) is 0 Å². The van der Waals surface area contributed by atoms with E-state index in [-0.39, 0.29) is 11.8 Å². The van der Waals surface area contributed by atoms with Crippen LogP contribution < -0.4 is 10.6 Å². The first-order chi connectivity index (χ1) is 9.18. The maximum absolute atomic E-state index is 11.8. The van der Waals surface area contributed by atoms with Crippen molar-refractivity contribution in [3.05, 3.63) is 28.7 Å². The minimum absolute atomic E-state index is 0.166. The van der Waals surface area contributed by atoms with Gasteiger partial charge < -0.3 is 10.6 Å². The molecule has 0 spiro atoms. The van der Waals surface area contributed by atoms with Crippen LogP contribution in [0, 0.1) is 5.92 Å². The van der Waals surface area contributed by atoms with Crippen LogP contribution in [-0.2, 0) is 4.79 Å². The van der Waals surface area contributed by atoms with Gasteiger partial charge in [-0.25, -0.2) is 0 Å². The quantitative estimate of drug-likeness (QED) is 0.553. The molecule has 0 aliphatic carbocycles. The van der Waals surface area contributed by atoms with E-state index >= 15 is 0 Å². The maximum Gasteiger partial charge on any atom is 0.228 e. The molecule has 0 aromatic heterocycles. The molecule has 7 heteroatoms. The van der Waals surface area contributed by atoms with Gasteiger partial charge in [0.25, 0.3) is 0 Å². The Hall–Kier alpha value is -0.160. The molecule has 1 aromatic carbocycles. The zero-order valence-corrected chi connectivity index (χ0v) is 14.9. The molecule has 0 saturated heterocycles. The Kier molecular flexibility index (Phi) is 6.92. The number of anilines is 1.